The molecule has 3 aliphatic rings. The predicted molar refractivity (Wildman–Crippen MR) is 133 cm³/mol. The van der Waals surface area contributed by atoms with E-state index in [1.807, 2.05) is 20.8 Å². The molecule has 1 atom stereocenters. The van der Waals surface area contributed by atoms with Crippen molar-refractivity contribution in [2.75, 3.05) is 31.1 Å². The van der Waals surface area contributed by atoms with Crippen molar-refractivity contribution in [3.63, 3.8) is 0 Å². The van der Waals surface area contributed by atoms with Gasteiger partial charge < -0.3 is 19.6 Å². The van der Waals surface area contributed by atoms with Gasteiger partial charge in [0.05, 0.1) is 5.56 Å². The number of carboxylic acid groups (broad SMARTS) is 1. The molecule has 1 amide bonds. The van der Waals surface area contributed by atoms with Crippen LogP contribution in [-0.4, -0.2) is 70.3 Å². The molecule has 1 aromatic carbocycles. The van der Waals surface area contributed by atoms with Gasteiger partial charge in [0.25, 0.3) is 0 Å². The zero-order valence-electron chi connectivity index (χ0n) is 21.9. The van der Waals surface area contributed by atoms with Gasteiger partial charge >= 0.3 is 18.2 Å². The number of ether oxygens (including phenoxy) is 1. The first kappa shape index (κ1) is 27.5. The molecule has 37 heavy (non-hydrogen) atoms. The molecule has 0 bridgehead atoms. The normalized spacial score (nSPS) is 22.9. The van der Waals surface area contributed by atoms with Gasteiger partial charge in [-0.3, -0.25) is 4.90 Å². The molecular weight excluding hydrogens is 487 g/mol. The molecule has 0 aromatic heterocycles. The number of likely N-dealkylation sites (tertiary alicyclic amines) is 2. The maximum Gasteiger partial charge on any atom is 0.416 e. The Morgan fingerprint density at radius 1 is 1.00 bits per heavy atom. The first-order chi connectivity index (χ1) is 17.3. The maximum atomic E-state index is 13.9. The second kappa shape index (κ2) is 10.3. The Bertz CT molecular complexity index is 1000. The van der Waals surface area contributed by atoms with Crippen LogP contribution in [0.25, 0.3) is 0 Å². The summed E-state index contributed by atoms with van der Waals surface area (Å²) in [5, 5.41) is 9.68. The molecule has 4 rings (SSSR count). The Morgan fingerprint density at radius 3 is 2.32 bits per heavy atom. The fraction of sp³-hybridized carbons (Fsp3) is 0.704. The van der Waals surface area contributed by atoms with Crippen molar-refractivity contribution >= 4 is 17.7 Å². The third-order valence-corrected chi connectivity index (χ3v) is 7.88. The van der Waals surface area contributed by atoms with E-state index in [-0.39, 0.29) is 11.6 Å². The molecule has 206 valence electrons. The van der Waals surface area contributed by atoms with Crippen LogP contribution in [0.2, 0.25) is 0 Å². The highest BCUT2D eigenvalue weighted by molar-refractivity contribution is 5.78. The average molecular weight is 526 g/mol. The van der Waals surface area contributed by atoms with Crippen LogP contribution in [0.1, 0.15) is 76.8 Å². The highest BCUT2D eigenvalue weighted by Crippen LogP contribution is 2.41. The molecule has 0 aliphatic carbocycles. The first-order valence-electron chi connectivity index (χ1n) is 13.2. The minimum atomic E-state index is -4.53. The highest BCUT2D eigenvalue weighted by Gasteiger charge is 2.44. The average Bonchev–Trinajstić information content (AvgIpc) is 3.18. The van der Waals surface area contributed by atoms with Crippen molar-refractivity contribution in [1.82, 2.24) is 9.80 Å². The fourth-order valence-corrected chi connectivity index (χ4v) is 6.05. The molecule has 3 fully saturated rings. The SMILES string of the molecule is CC(C)(C)OC(=O)N1CCC2(CCCN2Cc2cc(N3CCCCC3C(=O)O)cc(C(F)(F)F)c2)CC1. The van der Waals surface area contributed by atoms with Crippen molar-refractivity contribution in [3.8, 4) is 0 Å². The van der Waals surface area contributed by atoms with Crippen LogP contribution in [0.4, 0.5) is 23.7 Å². The molecule has 1 N–H and O–H groups in total. The number of carbonyl (C=O) groups is 2. The third-order valence-electron chi connectivity index (χ3n) is 7.88. The molecule has 7 nitrogen and oxygen atoms in total. The molecule has 3 aliphatic heterocycles. The minimum absolute atomic E-state index is 0.165. The van der Waals surface area contributed by atoms with Crippen molar-refractivity contribution in [2.45, 2.75) is 95.6 Å². The Morgan fingerprint density at radius 2 is 1.70 bits per heavy atom. The van der Waals surface area contributed by atoms with Gasteiger partial charge in [-0.05, 0) is 96.0 Å². The van der Waals surface area contributed by atoms with E-state index in [4.69, 9.17) is 4.74 Å². The van der Waals surface area contributed by atoms with E-state index < -0.39 is 29.4 Å². The van der Waals surface area contributed by atoms with Gasteiger partial charge in [-0.25, -0.2) is 9.59 Å². The van der Waals surface area contributed by atoms with E-state index in [9.17, 15) is 27.9 Å². The summed E-state index contributed by atoms with van der Waals surface area (Å²) in [7, 11) is 0. The number of aliphatic carboxylic acids is 1. The molecule has 0 radical (unpaired) electrons. The molecule has 1 aromatic rings. The van der Waals surface area contributed by atoms with Crippen LogP contribution in [0.3, 0.4) is 0 Å². The number of halogens is 3. The minimum Gasteiger partial charge on any atom is -0.480 e. The smallest absolute Gasteiger partial charge is 0.416 e. The van der Waals surface area contributed by atoms with E-state index >= 15 is 0 Å². The summed E-state index contributed by atoms with van der Waals surface area (Å²) >= 11 is 0. The second-order valence-corrected chi connectivity index (χ2v) is 11.6. The third kappa shape index (κ3) is 6.33. The lowest BCUT2D eigenvalue weighted by Gasteiger charge is -2.45. The van der Waals surface area contributed by atoms with E-state index in [1.165, 1.54) is 6.07 Å². The highest BCUT2D eigenvalue weighted by atomic mass is 19.4. The lowest BCUT2D eigenvalue weighted by molar-refractivity contribution is -0.139. The van der Waals surface area contributed by atoms with Crippen LogP contribution < -0.4 is 4.90 Å². The number of amides is 1. The fourth-order valence-electron chi connectivity index (χ4n) is 6.05. The molecule has 1 spiro atoms. The number of nitrogens with zero attached hydrogens (tertiary/aromatic N) is 3. The number of carboxylic acids is 1. The van der Waals surface area contributed by atoms with E-state index in [2.05, 4.69) is 4.90 Å². The molecular formula is C27H38F3N3O4. The van der Waals surface area contributed by atoms with Gasteiger partial charge in [-0.15, -0.1) is 0 Å². The zero-order valence-corrected chi connectivity index (χ0v) is 21.9. The number of benzene rings is 1. The summed E-state index contributed by atoms with van der Waals surface area (Å²) in [5.41, 5.74) is -0.620. The van der Waals surface area contributed by atoms with Crippen LogP contribution in [0.15, 0.2) is 18.2 Å². The Labute approximate surface area is 216 Å². The largest absolute Gasteiger partial charge is 0.480 e. The molecule has 3 heterocycles. The number of hydrogen-bond acceptors (Lipinski definition) is 5. The van der Waals surface area contributed by atoms with Crippen molar-refractivity contribution in [2.24, 2.45) is 0 Å². The van der Waals surface area contributed by atoms with Crippen molar-refractivity contribution in [3.05, 3.63) is 29.3 Å². The summed E-state index contributed by atoms with van der Waals surface area (Å²) in [4.78, 5) is 30.0. The number of carbonyl (C=O) groups excluding carboxylic acids is 1. The van der Waals surface area contributed by atoms with Gasteiger partial charge in [-0.2, -0.15) is 13.2 Å². The quantitative estimate of drug-likeness (QED) is 0.559. The predicted octanol–water partition coefficient (Wildman–Crippen LogP) is 5.51. The van der Waals surface area contributed by atoms with Crippen LogP contribution in [0.5, 0.6) is 0 Å². The van der Waals surface area contributed by atoms with Crippen LogP contribution in [-0.2, 0) is 22.3 Å². The number of piperidine rings is 2. The van der Waals surface area contributed by atoms with Crippen molar-refractivity contribution < 1.29 is 32.6 Å². The number of anilines is 1. The Balaban J connectivity index is 1.54. The van der Waals surface area contributed by atoms with Crippen LogP contribution in [0, 0.1) is 0 Å². The zero-order chi connectivity index (χ0) is 27.0. The number of rotatable bonds is 4. The summed E-state index contributed by atoms with van der Waals surface area (Å²) in [6.45, 7) is 8.16. The number of hydrogen-bond donors (Lipinski definition) is 1. The van der Waals surface area contributed by atoms with Gasteiger partial charge in [0.1, 0.15) is 11.6 Å². The Kier molecular flexibility index (Phi) is 7.70. The van der Waals surface area contributed by atoms with Gasteiger partial charge in [0.15, 0.2) is 0 Å². The van der Waals surface area contributed by atoms with Gasteiger partial charge in [0.2, 0.25) is 0 Å². The maximum absolute atomic E-state index is 13.9. The first-order valence-corrected chi connectivity index (χ1v) is 13.2. The standard InChI is InChI=1S/C27H38F3N3O4/c1-25(2,3)37-24(36)31-13-9-26(10-14-31)8-6-11-32(26)18-19-15-20(27(28,29)30)17-21(16-19)33-12-5-4-7-22(33)23(34)35/h15-17,22H,4-14,18H2,1-3H3,(H,34,35). The second-order valence-electron chi connectivity index (χ2n) is 11.6. The summed E-state index contributed by atoms with van der Waals surface area (Å²) in [6, 6.07) is 3.20. The van der Waals surface area contributed by atoms with Crippen molar-refractivity contribution in [1.29, 1.82) is 0 Å². The van der Waals surface area contributed by atoms with Crippen LogP contribution >= 0.6 is 0 Å². The van der Waals surface area contributed by atoms with Gasteiger partial charge in [-0.1, -0.05) is 0 Å². The summed E-state index contributed by atoms with van der Waals surface area (Å²) < 4.78 is 47.1. The molecule has 3 saturated heterocycles. The lowest BCUT2D eigenvalue weighted by Crippen LogP contribution is -2.53. The number of alkyl halides is 3. The summed E-state index contributed by atoms with van der Waals surface area (Å²) in [5.74, 6) is -1.01. The van der Waals surface area contributed by atoms with Gasteiger partial charge in [0, 0.05) is 37.4 Å². The van der Waals surface area contributed by atoms with E-state index in [1.54, 1.807) is 15.9 Å². The molecule has 1 unspecified atom stereocenters. The topological polar surface area (TPSA) is 73.3 Å². The van der Waals surface area contributed by atoms with E-state index in [0.717, 1.165) is 51.1 Å². The van der Waals surface area contributed by atoms with E-state index in [0.29, 0.717) is 43.9 Å². The Hall–Kier alpha value is -2.49. The molecule has 10 heteroatoms. The molecule has 0 saturated carbocycles. The monoisotopic (exact) mass is 525 g/mol. The lowest BCUT2D eigenvalue weighted by atomic mass is 9.84. The summed E-state index contributed by atoms with van der Waals surface area (Å²) in [6.07, 6.45) is 0.430.